The highest BCUT2D eigenvalue weighted by molar-refractivity contribution is 5.96. The highest BCUT2D eigenvalue weighted by Gasteiger charge is 2.11. The highest BCUT2D eigenvalue weighted by atomic mass is 16.5. The average molecular weight is 342 g/mol. The first kappa shape index (κ1) is 18.8. The fraction of sp³-hybridized carbons (Fsp3) is 0.350. The largest absolute Gasteiger partial charge is 0.491 e. The smallest absolute Gasteiger partial charge is 0.251 e. The molecule has 2 aromatic rings. The lowest BCUT2D eigenvalue weighted by Crippen LogP contribution is -2.24. The van der Waals surface area contributed by atoms with Crippen LogP contribution in [-0.4, -0.2) is 25.7 Å². The first-order valence-corrected chi connectivity index (χ1v) is 8.45. The zero-order chi connectivity index (χ0) is 18.2. The van der Waals surface area contributed by atoms with Gasteiger partial charge in [0, 0.05) is 30.0 Å². The molecule has 0 fully saturated rings. The lowest BCUT2D eigenvalue weighted by Gasteiger charge is -2.14. The van der Waals surface area contributed by atoms with Gasteiger partial charge in [0.2, 0.25) is 0 Å². The summed E-state index contributed by atoms with van der Waals surface area (Å²) < 4.78 is 11.1. The van der Waals surface area contributed by atoms with Crippen molar-refractivity contribution in [2.45, 2.75) is 27.3 Å². The number of carbonyl (C=O) groups is 1. The van der Waals surface area contributed by atoms with Crippen LogP contribution in [-0.2, 0) is 11.3 Å². The summed E-state index contributed by atoms with van der Waals surface area (Å²) in [6, 6.07) is 11.3. The standard InChI is InChI=1S/C20H26N2O3/c1-4-24-9-10-25-19-11-14(2)5-7-16(19)13-22-20(23)18-12-17(21)8-6-15(18)3/h5-8,11-12H,4,9-10,13,21H2,1-3H3,(H,22,23). The van der Waals surface area contributed by atoms with Crippen LogP contribution in [0.4, 0.5) is 5.69 Å². The molecular formula is C20H26N2O3. The van der Waals surface area contributed by atoms with Crippen molar-refractivity contribution < 1.29 is 14.3 Å². The average Bonchev–Trinajstić information content (AvgIpc) is 2.59. The summed E-state index contributed by atoms with van der Waals surface area (Å²) in [6.07, 6.45) is 0. The van der Waals surface area contributed by atoms with E-state index < -0.39 is 0 Å². The molecule has 1 amide bonds. The van der Waals surface area contributed by atoms with Gasteiger partial charge in [0.05, 0.1) is 6.61 Å². The lowest BCUT2D eigenvalue weighted by molar-refractivity contribution is 0.0948. The topological polar surface area (TPSA) is 73.6 Å². The van der Waals surface area contributed by atoms with Crippen molar-refractivity contribution in [2.75, 3.05) is 25.6 Å². The Morgan fingerprint density at radius 3 is 2.68 bits per heavy atom. The van der Waals surface area contributed by atoms with Gasteiger partial charge >= 0.3 is 0 Å². The number of ether oxygens (including phenoxy) is 2. The third-order valence-electron chi connectivity index (χ3n) is 3.86. The number of nitrogens with one attached hydrogen (secondary N) is 1. The molecular weight excluding hydrogens is 316 g/mol. The van der Waals surface area contributed by atoms with Crippen LogP contribution < -0.4 is 15.8 Å². The summed E-state index contributed by atoms with van der Waals surface area (Å²) in [7, 11) is 0. The Morgan fingerprint density at radius 1 is 1.12 bits per heavy atom. The molecule has 25 heavy (non-hydrogen) atoms. The molecule has 0 aromatic heterocycles. The number of aryl methyl sites for hydroxylation is 2. The van der Waals surface area contributed by atoms with Crippen LogP contribution in [0.1, 0.15) is 34.0 Å². The minimum atomic E-state index is -0.148. The van der Waals surface area contributed by atoms with E-state index in [4.69, 9.17) is 15.2 Å². The normalized spacial score (nSPS) is 10.5. The van der Waals surface area contributed by atoms with Crippen molar-refractivity contribution in [3.05, 3.63) is 58.7 Å². The first-order valence-electron chi connectivity index (χ1n) is 8.45. The van der Waals surface area contributed by atoms with E-state index in [-0.39, 0.29) is 5.91 Å². The number of amides is 1. The van der Waals surface area contributed by atoms with Crippen molar-refractivity contribution in [1.82, 2.24) is 5.32 Å². The van der Waals surface area contributed by atoms with E-state index in [2.05, 4.69) is 5.32 Å². The maximum Gasteiger partial charge on any atom is 0.251 e. The molecule has 0 aliphatic carbocycles. The first-order chi connectivity index (χ1) is 12.0. The second-order valence-electron chi connectivity index (χ2n) is 5.91. The van der Waals surface area contributed by atoms with Gasteiger partial charge in [0.1, 0.15) is 12.4 Å². The third kappa shape index (κ3) is 5.50. The highest BCUT2D eigenvalue weighted by Crippen LogP contribution is 2.21. The van der Waals surface area contributed by atoms with Gasteiger partial charge < -0.3 is 20.5 Å². The van der Waals surface area contributed by atoms with Crippen LogP contribution >= 0.6 is 0 Å². The van der Waals surface area contributed by atoms with Crippen molar-refractivity contribution in [3.63, 3.8) is 0 Å². The minimum Gasteiger partial charge on any atom is -0.491 e. The molecule has 0 saturated carbocycles. The molecule has 0 aliphatic heterocycles. The van der Waals surface area contributed by atoms with Crippen molar-refractivity contribution in [3.8, 4) is 5.75 Å². The molecule has 134 valence electrons. The number of hydrogen-bond donors (Lipinski definition) is 2. The number of rotatable bonds is 8. The maximum absolute atomic E-state index is 12.4. The van der Waals surface area contributed by atoms with Crippen molar-refractivity contribution in [2.24, 2.45) is 0 Å². The van der Waals surface area contributed by atoms with Gasteiger partial charge in [0.15, 0.2) is 0 Å². The molecule has 2 aromatic carbocycles. The van der Waals surface area contributed by atoms with Gasteiger partial charge in [-0.1, -0.05) is 18.2 Å². The Balaban J connectivity index is 2.04. The Hall–Kier alpha value is -2.53. The number of benzene rings is 2. The molecule has 0 bridgehead atoms. The number of nitrogen functional groups attached to an aromatic ring is 1. The number of carbonyl (C=O) groups excluding carboxylic acids is 1. The third-order valence-corrected chi connectivity index (χ3v) is 3.86. The second kappa shape index (κ2) is 9.08. The lowest BCUT2D eigenvalue weighted by atomic mass is 10.1. The molecule has 2 rings (SSSR count). The minimum absolute atomic E-state index is 0.148. The molecule has 0 radical (unpaired) electrons. The van der Waals surface area contributed by atoms with Gasteiger partial charge in [-0.05, 0) is 50.1 Å². The Labute approximate surface area is 149 Å². The fourth-order valence-corrected chi connectivity index (χ4v) is 2.45. The Kier molecular flexibility index (Phi) is 6.83. The number of anilines is 1. The SMILES string of the molecule is CCOCCOc1cc(C)ccc1CNC(=O)c1cc(N)ccc1C. The van der Waals surface area contributed by atoms with Crippen LogP contribution in [0.15, 0.2) is 36.4 Å². The summed E-state index contributed by atoms with van der Waals surface area (Å²) >= 11 is 0. The summed E-state index contributed by atoms with van der Waals surface area (Å²) in [5.41, 5.74) is 9.87. The van der Waals surface area contributed by atoms with Gasteiger partial charge in [-0.2, -0.15) is 0 Å². The summed E-state index contributed by atoms with van der Waals surface area (Å²) in [6.45, 7) is 7.92. The van der Waals surface area contributed by atoms with Gasteiger partial charge in [-0.3, -0.25) is 4.79 Å². The van der Waals surface area contributed by atoms with E-state index in [1.165, 1.54) is 0 Å². The zero-order valence-electron chi connectivity index (χ0n) is 15.1. The fourth-order valence-electron chi connectivity index (χ4n) is 2.45. The predicted molar refractivity (Wildman–Crippen MR) is 99.9 cm³/mol. The maximum atomic E-state index is 12.4. The number of hydrogen-bond acceptors (Lipinski definition) is 4. The van der Waals surface area contributed by atoms with E-state index in [1.807, 2.05) is 45.0 Å². The molecule has 5 nitrogen and oxygen atoms in total. The van der Waals surface area contributed by atoms with Crippen LogP contribution in [0, 0.1) is 13.8 Å². The van der Waals surface area contributed by atoms with Crippen molar-refractivity contribution >= 4 is 11.6 Å². The number of nitrogens with two attached hydrogens (primary N) is 1. The van der Waals surface area contributed by atoms with Crippen molar-refractivity contribution in [1.29, 1.82) is 0 Å². The Morgan fingerprint density at radius 2 is 1.92 bits per heavy atom. The molecule has 5 heteroatoms. The molecule has 0 saturated heterocycles. The van der Waals surface area contributed by atoms with E-state index in [0.29, 0.717) is 37.6 Å². The summed E-state index contributed by atoms with van der Waals surface area (Å²) in [5.74, 6) is 0.620. The van der Waals surface area contributed by atoms with Crippen LogP contribution in [0.2, 0.25) is 0 Å². The molecule has 0 atom stereocenters. The van der Waals surface area contributed by atoms with E-state index in [1.54, 1.807) is 12.1 Å². The van der Waals surface area contributed by atoms with E-state index in [9.17, 15) is 4.79 Å². The Bertz CT molecular complexity index is 729. The predicted octanol–water partition coefficient (Wildman–Crippen LogP) is 3.23. The molecule has 0 heterocycles. The quantitative estimate of drug-likeness (QED) is 0.570. The molecule has 0 aliphatic rings. The second-order valence-corrected chi connectivity index (χ2v) is 5.91. The monoisotopic (exact) mass is 342 g/mol. The van der Waals surface area contributed by atoms with Gasteiger partial charge in [-0.25, -0.2) is 0 Å². The van der Waals surface area contributed by atoms with Crippen LogP contribution in [0.25, 0.3) is 0 Å². The van der Waals surface area contributed by atoms with E-state index in [0.717, 1.165) is 22.4 Å². The van der Waals surface area contributed by atoms with Crippen LogP contribution in [0.3, 0.4) is 0 Å². The summed E-state index contributed by atoms with van der Waals surface area (Å²) in [5, 5.41) is 2.94. The van der Waals surface area contributed by atoms with Gasteiger partial charge in [0.25, 0.3) is 5.91 Å². The van der Waals surface area contributed by atoms with Gasteiger partial charge in [-0.15, -0.1) is 0 Å². The van der Waals surface area contributed by atoms with Crippen LogP contribution in [0.5, 0.6) is 5.75 Å². The van der Waals surface area contributed by atoms with E-state index >= 15 is 0 Å². The molecule has 3 N–H and O–H groups in total. The molecule has 0 spiro atoms. The zero-order valence-corrected chi connectivity index (χ0v) is 15.1. The molecule has 0 unspecified atom stereocenters. The summed E-state index contributed by atoms with van der Waals surface area (Å²) in [4.78, 5) is 12.4.